The zero-order chi connectivity index (χ0) is 7.14. The van der Waals surface area contributed by atoms with Gasteiger partial charge in [-0.3, -0.25) is 4.79 Å². The highest BCUT2D eigenvalue weighted by Crippen LogP contribution is 2.43. The molecule has 3 atom stereocenters. The smallest absolute Gasteiger partial charge is 0.136 e. The summed E-state index contributed by atoms with van der Waals surface area (Å²) in [6.45, 7) is 0. The number of halogens is 1. The van der Waals surface area contributed by atoms with Crippen molar-refractivity contribution < 1.29 is 4.79 Å². The Balaban J connectivity index is 1.99. The van der Waals surface area contributed by atoms with E-state index in [0.717, 1.165) is 18.8 Å². The monoisotopic (exact) mass is 202 g/mol. The first-order chi connectivity index (χ1) is 4.77. The topological polar surface area (TPSA) is 17.1 Å². The summed E-state index contributed by atoms with van der Waals surface area (Å²) >= 11 is 3.60. The zero-order valence-electron chi connectivity index (χ0n) is 5.85. The minimum absolute atomic E-state index is 0.466. The van der Waals surface area contributed by atoms with Gasteiger partial charge in [-0.2, -0.15) is 0 Å². The number of hydrogen-bond donors (Lipinski definition) is 0. The molecular formula is C8H11BrO. The molecule has 56 valence electrons. The van der Waals surface area contributed by atoms with Gasteiger partial charge in [-0.1, -0.05) is 15.9 Å². The molecule has 2 heteroatoms. The lowest BCUT2D eigenvalue weighted by molar-refractivity contribution is -0.136. The fraction of sp³-hybridized carbons (Fsp3) is 0.875. The average molecular weight is 203 g/mol. The second-order valence-corrected chi connectivity index (χ2v) is 4.74. The largest absolute Gasteiger partial charge is 0.299 e. The number of Topliss-reactive ketones (excluding diaryl/α,β-unsaturated/α-hetero) is 1. The molecule has 1 nitrogen and oxygen atoms in total. The minimum Gasteiger partial charge on any atom is -0.299 e. The van der Waals surface area contributed by atoms with Crippen LogP contribution in [0.5, 0.6) is 0 Å². The standard InChI is InChI=1S/C8H11BrO/c9-6-1-2-7-5(3-6)4-8(7)10/h5-7H,1-4H2. The predicted molar refractivity (Wildman–Crippen MR) is 43.2 cm³/mol. The van der Waals surface area contributed by atoms with Crippen LogP contribution in [0.15, 0.2) is 0 Å². The number of rotatable bonds is 0. The molecule has 10 heavy (non-hydrogen) atoms. The van der Waals surface area contributed by atoms with Crippen LogP contribution in [0.25, 0.3) is 0 Å². The maximum absolute atomic E-state index is 11.0. The SMILES string of the molecule is O=C1CC2CC(Br)CCC12. The molecule has 0 bridgehead atoms. The molecule has 0 heterocycles. The minimum atomic E-state index is 0.466. The van der Waals surface area contributed by atoms with E-state index in [0.29, 0.717) is 16.5 Å². The maximum atomic E-state index is 11.0. The third kappa shape index (κ3) is 0.931. The van der Waals surface area contributed by atoms with Crippen LogP contribution in [-0.4, -0.2) is 10.6 Å². The van der Waals surface area contributed by atoms with Crippen molar-refractivity contribution in [2.24, 2.45) is 11.8 Å². The Kier molecular flexibility index (Phi) is 1.59. The lowest BCUT2D eigenvalue weighted by Crippen LogP contribution is -2.41. The van der Waals surface area contributed by atoms with Crippen molar-refractivity contribution in [2.45, 2.75) is 30.5 Å². The number of alkyl halides is 1. The lowest BCUT2D eigenvalue weighted by Gasteiger charge is -2.40. The summed E-state index contributed by atoms with van der Waals surface area (Å²) in [6.07, 6.45) is 4.44. The summed E-state index contributed by atoms with van der Waals surface area (Å²) in [5, 5.41) is 0. The Morgan fingerprint density at radius 2 is 2.20 bits per heavy atom. The van der Waals surface area contributed by atoms with Crippen LogP contribution in [-0.2, 0) is 4.79 Å². The molecule has 0 spiro atoms. The van der Waals surface area contributed by atoms with Gasteiger partial charge in [-0.25, -0.2) is 0 Å². The van der Waals surface area contributed by atoms with Gasteiger partial charge in [0.25, 0.3) is 0 Å². The molecule has 0 saturated heterocycles. The van der Waals surface area contributed by atoms with Crippen molar-refractivity contribution in [1.29, 1.82) is 0 Å². The fourth-order valence-corrected chi connectivity index (χ4v) is 2.85. The molecule has 0 amide bonds. The molecule has 0 aromatic heterocycles. The zero-order valence-corrected chi connectivity index (χ0v) is 7.43. The first-order valence-corrected chi connectivity index (χ1v) is 4.85. The van der Waals surface area contributed by atoms with Crippen LogP contribution >= 0.6 is 15.9 Å². The van der Waals surface area contributed by atoms with E-state index in [-0.39, 0.29) is 0 Å². The van der Waals surface area contributed by atoms with E-state index >= 15 is 0 Å². The van der Waals surface area contributed by atoms with Gasteiger partial charge in [0.2, 0.25) is 0 Å². The summed E-state index contributed by atoms with van der Waals surface area (Å²) in [4.78, 5) is 11.7. The van der Waals surface area contributed by atoms with Crippen molar-refractivity contribution >= 4 is 21.7 Å². The maximum Gasteiger partial charge on any atom is 0.136 e. The Bertz CT molecular complexity index is 167. The summed E-state index contributed by atoms with van der Waals surface area (Å²) in [7, 11) is 0. The molecule has 2 rings (SSSR count). The first kappa shape index (κ1) is 6.84. The molecule has 0 aromatic carbocycles. The van der Waals surface area contributed by atoms with Crippen LogP contribution < -0.4 is 0 Å². The molecule has 3 unspecified atom stereocenters. The summed E-state index contributed by atoms with van der Waals surface area (Å²) in [6, 6.07) is 0. The van der Waals surface area contributed by atoms with Crippen LogP contribution in [0, 0.1) is 11.8 Å². The van der Waals surface area contributed by atoms with Gasteiger partial charge >= 0.3 is 0 Å². The molecule has 0 aliphatic heterocycles. The molecule has 2 aliphatic rings. The second kappa shape index (κ2) is 2.33. The van der Waals surface area contributed by atoms with E-state index in [1.807, 2.05) is 0 Å². The summed E-state index contributed by atoms with van der Waals surface area (Å²) in [5.41, 5.74) is 0. The van der Waals surface area contributed by atoms with Gasteiger partial charge in [0.15, 0.2) is 0 Å². The average Bonchev–Trinajstić information content (AvgIpc) is 1.86. The molecule has 2 aliphatic carbocycles. The normalized spacial score (nSPS) is 46.1. The van der Waals surface area contributed by atoms with E-state index in [4.69, 9.17) is 0 Å². The highest BCUT2D eigenvalue weighted by atomic mass is 79.9. The Morgan fingerprint density at radius 3 is 2.80 bits per heavy atom. The van der Waals surface area contributed by atoms with E-state index < -0.39 is 0 Å². The molecule has 0 aromatic rings. The summed E-state index contributed by atoms with van der Waals surface area (Å²) < 4.78 is 0. The van der Waals surface area contributed by atoms with E-state index in [1.54, 1.807) is 0 Å². The summed E-state index contributed by atoms with van der Waals surface area (Å²) in [5.74, 6) is 1.73. The highest BCUT2D eigenvalue weighted by Gasteiger charge is 2.42. The van der Waals surface area contributed by atoms with Crippen molar-refractivity contribution in [3.8, 4) is 0 Å². The Morgan fingerprint density at radius 1 is 1.40 bits per heavy atom. The van der Waals surface area contributed by atoms with Gasteiger partial charge in [-0.15, -0.1) is 0 Å². The number of ketones is 1. The van der Waals surface area contributed by atoms with Gasteiger partial charge in [0.1, 0.15) is 5.78 Å². The second-order valence-electron chi connectivity index (χ2n) is 3.45. The fourth-order valence-electron chi connectivity index (χ4n) is 2.11. The predicted octanol–water partition coefficient (Wildman–Crippen LogP) is 2.14. The van der Waals surface area contributed by atoms with Crippen LogP contribution in [0.3, 0.4) is 0 Å². The number of hydrogen-bond acceptors (Lipinski definition) is 1. The molecule has 0 N–H and O–H groups in total. The van der Waals surface area contributed by atoms with Crippen LogP contribution in [0.2, 0.25) is 0 Å². The van der Waals surface area contributed by atoms with Crippen molar-refractivity contribution in [1.82, 2.24) is 0 Å². The van der Waals surface area contributed by atoms with E-state index in [1.165, 1.54) is 12.8 Å². The molecule has 2 fully saturated rings. The third-order valence-electron chi connectivity index (χ3n) is 2.80. The highest BCUT2D eigenvalue weighted by molar-refractivity contribution is 9.09. The number of fused-ring (bicyclic) bond motifs is 1. The van der Waals surface area contributed by atoms with E-state index in [9.17, 15) is 4.79 Å². The van der Waals surface area contributed by atoms with Crippen molar-refractivity contribution in [2.75, 3.05) is 0 Å². The van der Waals surface area contributed by atoms with E-state index in [2.05, 4.69) is 15.9 Å². The Labute approximate surface area is 69.3 Å². The Hall–Kier alpha value is 0.150. The van der Waals surface area contributed by atoms with Crippen LogP contribution in [0.4, 0.5) is 0 Å². The van der Waals surface area contributed by atoms with Gasteiger partial charge in [0, 0.05) is 17.2 Å². The van der Waals surface area contributed by atoms with Gasteiger partial charge in [-0.05, 0) is 25.2 Å². The molecule has 0 radical (unpaired) electrons. The van der Waals surface area contributed by atoms with Crippen molar-refractivity contribution in [3.05, 3.63) is 0 Å². The van der Waals surface area contributed by atoms with Gasteiger partial charge < -0.3 is 0 Å². The number of carbonyl (C=O) groups excluding carboxylic acids is 1. The third-order valence-corrected chi connectivity index (χ3v) is 3.63. The van der Waals surface area contributed by atoms with Crippen LogP contribution in [0.1, 0.15) is 25.7 Å². The lowest BCUT2D eigenvalue weighted by atomic mass is 9.65. The van der Waals surface area contributed by atoms with Gasteiger partial charge in [0.05, 0.1) is 0 Å². The number of carbonyl (C=O) groups is 1. The molecule has 2 saturated carbocycles. The quantitative estimate of drug-likeness (QED) is 0.551. The molecular weight excluding hydrogens is 192 g/mol. The first-order valence-electron chi connectivity index (χ1n) is 3.94. The van der Waals surface area contributed by atoms with Crippen molar-refractivity contribution in [3.63, 3.8) is 0 Å².